The van der Waals surface area contributed by atoms with Crippen LogP contribution in [0.4, 0.5) is 0 Å². The molecule has 0 saturated carbocycles. The van der Waals surface area contributed by atoms with Crippen molar-refractivity contribution < 1.29 is 17.9 Å². The lowest BCUT2D eigenvalue weighted by Crippen LogP contribution is -2.25. The Bertz CT molecular complexity index is 1510. The highest BCUT2D eigenvalue weighted by Crippen LogP contribution is 2.39. The normalized spacial score (nSPS) is 14.7. The number of rotatable bonds is 13. The molecule has 0 aromatic heterocycles. The van der Waals surface area contributed by atoms with Crippen LogP contribution in [0, 0.1) is 11.3 Å². The van der Waals surface area contributed by atoms with Crippen LogP contribution in [0.15, 0.2) is 111 Å². The van der Waals surface area contributed by atoms with Gasteiger partial charge < -0.3 is 9.47 Å². The Balaban J connectivity index is 0.00000345. The summed E-state index contributed by atoms with van der Waals surface area (Å²) in [7, 11) is 1.94. The second-order valence-electron chi connectivity index (χ2n) is 12.2. The standard InChI is InChI=1S/C36H45ClO4S2.C2H6/c1-9-11-12-32(10-2)42-33-21-19-30(20-22-33)41-29-16-13-27(14-17-29)36(7,8)28-15-18-31(24-34(23-28)43(37,38)39)40-25-35(5,6)26(3)4;1-2/h10-23,26H,9,24-25H2,1-8H3;1-2H3/b12-11-,32-10+;. The fourth-order valence-electron chi connectivity index (χ4n) is 4.15. The van der Waals surface area contributed by atoms with Crippen LogP contribution >= 0.6 is 22.4 Å². The molecule has 0 unspecified atom stereocenters. The predicted molar refractivity (Wildman–Crippen MR) is 195 cm³/mol. The summed E-state index contributed by atoms with van der Waals surface area (Å²) < 4.78 is 37.3. The molecule has 0 fully saturated rings. The van der Waals surface area contributed by atoms with Crippen molar-refractivity contribution in [3.63, 3.8) is 0 Å². The molecule has 2 aromatic carbocycles. The molecule has 0 spiro atoms. The molecule has 2 aromatic rings. The van der Waals surface area contributed by atoms with E-state index < -0.39 is 14.5 Å². The fourth-order valence-corrected chi connectivity index (χ4v) is 5.86. The van der Waals surface area contributed by atoms with E-state index in [-0.39, 0.29) is 16.7 Å². The fraction of sp³-hybridized carbons (Fsp3) is 0.421. The lowest BCUT2D eigenvalue weighted by molar-refractivity contribution is 0.0783. The van der Waals surface area contributed by atoms with Gasteiger partial charge in [0.05, 0.1) is 11.5 Å². The highest BCUT2D eigenvalue weighted by Gasteiger charge is 2.29. The second-order valence-corrected chi connectivity index (χ2v) is 16.0. The summed E-state index contributed by atoms with van der Waals surface area (Å²) >= 11 is 1.72. The average Bonchev–Trinajstić information content (AvgIpc) is 3.24. The molecule has 7 heteroatoms. The molecule has 3 rings (SSSR count). The first-order valence-electron chi connectivity index (χ1n) is 15.7. The zero-order valence-electron chi connectivity index (χ0n) is 28.6. The Kier molecular flexibility index (Phi) is 14.8. The van der Waals surface area contributed by atoms with Crippen LogP contribution in [-0.2, 0) is 19.2 Å². The molecule has 0 radical (unpaired) electrons. The Morgan fingerprint density at radius 3 is 2.07 bits per heavy atom. The van der Waals surface area contributed by atoms with Gasteiger partial charge in [0, 0.05) is 37.7 Å². The molecule has 0 atom stereocenters. The van der Waals surface area contributed by atoms with Gasteiger partial charge in [0.25, 0.3) is 9.05 Å². The molecule has 45 heavy (non-hydrogen) atoms. The third-order valence-corrected chi connectivity index (χ3v) is 10.6. The van der Waals surface area contributed by atoms with Gasteiger partial charge in [0.2, 0.25) is 0 Å². The molecule has 1 aliphatic rings. The molecular formula is C38H51ClO4S2. The SMILES string of the molecule is C/C=C(\C=C/CC)Sc1ccc(Oc2ccc(C(C)(C)C3=CC=C(OCC(C)(C)C(C)C)CC(S(=O)(=O)Cl)=C3)cc2)cc1.CC. The number of ether oxygens (including phenoxy) is 2. The van der Waals surface area contributed by atoms with Crippen molar-refractivity contribution in [3.05, 3.63) is 112 Å². The molecule has 0 N–H and O–H groups in total. The molecule has 0 amide bonds. The van der Waals surface area contributed by atoms with Gasteiger partial charge in [-0.2, -0.15) is 0 Å². The van der Waals surface area contributed by atoms with Crippen molar-refractivity contribution in [2.45, 2.75) is 92.4 Å². The van der Waals surface area contributed by atoms with Crippen molar-refractivity contribution in [3.8, 4) is 11.5 Å². The van der Waals surface area contributed by atoms with Crippen LogP contribution in [0.3, 0.4) is 0 Å². The Morgan fingerprint density at radius 1 is 0.978 bits per heavy atom. The molecule has 1 aliphatic carbocycles. The van der Waals surface area contributed by atoms with Gasteiger partial charge in [0.15, 0.2) is 0 Å². The van der Waals surface area contributed by atoms with E-state index in [1.807, 2.05) is 69.3 Å². The smallest absolute Gasteiger partial charge is 0.257 e. The van der Waals surface area contributed by atoms with Crippen LogP contribution in [0.1, 0.15) is 87.6 Å². The number of hydrogen-bond donors (Lipinski definition) is 0. The molecule has 246 valence electrons. The molecule has 0 saturated heterocycles. The monoisotopic (exact) mass is 670 g/mol. The summed E-state index contributed by atoms with van der Waals surface area (Å²) in [6, 6.07) is 16.0. The van der Waals surface area contributed by atoms with Crippen molar-refractivity contribution >= 4 is 31.5 Å². The van der Waals surface area contributed by atoms with Crippen molar-refractivity contribution in [2.75, 3.05) is 6.61 Å². The summed E-state index contributed by atoms with van der Waals surface area (Å²) in [5, 5.41) is 0. The van der Waals surface area contributed by atoms with E-state index in [0.29, 0.717) is 18.3 Å². The van der Waals surface area contributed by atoms with Crippen molar-refractivity contribution in [2.24, 2.45) is 11.3 Å². The number of allylic oxidation sites excluding steroid dienone is 8. The first-order chi connectivity index (χ1) is 21.2. The van der Waals surface area contributed by atoms with Crippen LogP contribution in [-0.4, -0.2) is 15.0 Å². The maximum Gasteiger partial charge on any atom is 0.257 e. The van der Waals surface area contributed by atoms with Gasteiger partial charge in [-0.3, -0.25) is 0 Å². The summed E-state index contributed by atoms with van der Waals surface area (Å²) in [4.78, 5) is 2.48. The van der Waals surface area contributed by atoms with E-state index in [1.165, 1.54) is 4.91 Å². The van der Waals surface area contributed by atoms with Crippen LogP contribution < -0.4 is 4.74 Å². The van der Waals surface area contributed by atoms with E-state index >= 15 is 0 Å². The minimum absolute atomic E-state index is 0.0602. The zero-order chi connectivity index (χ0) is 33.8. The quantitative estimate of drug-likeness (QED) is 0.121. The largest absolute Gasteiger partial charge is 0.497 e. The number of halogens is 1. The van der Waals surface area contributed by atoms with Crippen molar-refractivity contribution in [1.82, 2.24) is 0 Å². The van der Waals surface area contributed by atoms with Gasteiger partial charge in [0.1, 0.15) is 17.3 Å². The third kappa shape index (κ3) is 11.6. The minimum atomic E-state index is -3.94. The summed E-state index contributed by atoms with van der Waals surface area (Å²) in [6.07, 6.45) is 13.0. The maximum absolute atomic E-state index is 12.5. The van der Waals surface area contributed by atoms with Gasteiger partial charge in [-0.05, 0) is 78.9 Å². The Morgan fingerprint density at radius 2 is 1.56 bits per heavy atom. The van der Waals surface area contributed by atoms with Crippen molar-refractivity contribution in [1.29, 1.82) is 0 Å². The Hall–Kier alpha value is -2.67. The molecule has 0 bridgehead atoms. The zero-order valence-corrected chi connectivity index (χ0v) is 31.0. The van der Waals surface area contributed by atoms with E-state index in [2.05, 4.69) is 78.8 Å². The van der Waals surface area contributed by atoms with E-state index in [9.17, 15) is 8.42 Å². The Labute approximate surface area is 281 Å². The van der Waals surface area contributed by atoms with Gasteiger partial charge in [-0.25, -0.2) is 8.42 Å². The lowest BCUT2D eigenvalue weighted by atomic mass is 9.77. The lowest BCUT2D eigenvalue weighted by Gasteiger charge is -2.29. The number of benzene rings is 2. The average molecular weight is 671 g/mol. The first kappa shape index (κ1) is 38.5. The van der Waals surface area contributed by atoms with Gasteiger partial charge in [-0.15, -0.1) is 0 Å². The van der Waals surface area contributed by atoms with Gasteiger partial charge >= 0.3 is 0 Å². The second kappa shape index (κ2) is 17.3. The van der Waals surface area contributed by atoms with E-state index in [0.717, 1.165) is 34.0 Å². The summed E-state index contributed by atoms with van der Waals surface area (Å²) in [5.41, 5.74) is 1.27. The highest BCUT2D eigenvalue weighted by molar-refractivity contribution is 8.16. The number of thioether (sulfide) groups is 1. The van der Waals surface area contributed by atoms with E-state index in [1.54, 1.807) is 17.8 Å². The van der Waals surface area contributed by atoms with Crippen LogP contribution in [0.2, 0.25) is 0 Å². The van der Waals surface area contributed by atoms with Crippen LogP contribution in [0.5, 0.6) is 11.5 Å². The first-order valence-corrected chi connectivity index (χ1v) is 18.9. The van der Waals surface area contributed by atoms with E-state index in [4.69, 9.17) is 20.2 Å². The topological polar surface area (TPSA) is 52.6 Å². The predicted octanol–water partition coefficient (Wildman–Crippen LogP) is 12.1. The van der Waals surface area contributed by atoms with Gasteiger partial charge in [-0.1, -0.05) is 111 Å². The summed E-state index contributed by atoms with van der Waals surface area (Å²) in [6.45, 7) is 21.4. The minimum Gasteiger partial charge on any atom is -0.497 e. The summed E-state index contributed by atoms with van der Waals surface area (Å²) in [5.74, 6) is 2.47. The molecule has 4 nitrogen and oxygen atoms in total. The number of hydrogen-bond acceptors (Lipinski definition) is 5. The third-order valence-electron chi connectivity index (χ3n) is 8.01. The molecule has 0 aliphatic heterocycles. The van der Waals surface area contributed by atoms with Crippen LogP contribution in [0.25, 0.3) is 0 Å². The highest BCUT2D eigenvalue weighted by atomic mass is 35.7. The molecule has 0 heterocycles. The molecular weight excluding hydrogens is 620 g/mol. The maximum atomic E-state index is 12.5.